The Morgan fingerprint density at radius 2 is 2.00 bits per heavy atom. The topological polar surface area (TPSA) is 132 Å². The number of carboxylic acids is 1. The van der Waals surface area contributed by atoms with Crippen molar-refractivity contribution in [3.63, 3.8) is 0 Å². The third-order valence-electron chi connectivity index (χ3n) is 4.57. The molecule has 1 amide bonds. The number of likely N-dealkylation sites (tertiary alicyclic amines) is 1. The van der Waals surface area contributed by atoms with Gasteiger partial charge in [-0.15, -0.1) is 0 Å². The van der Waals surface area contributed by atoms with Crippen molar-refractivity contribution in [2.24, 2.45) is 5.73 Å². The highest BCUT2D eigenvalue weighted by Crippen LogP contribution is 2.24. The molecule has 1 aliphatic rings. The molecule has 2 atom stereocenters. The smallest absolute Gasteiger partial charge is 0.326 e. The second-order valence-electron chi connectivity index (χ2n) is 6.79. The van der Waals surface area contributed by atoms with E-state index in [1.54, 1.807) is 6.07 Å². The van der Waals surface area contributed by atoms with Crippen LogP contribution in [0.5, 0.6) is 0 Å². The third kappa shape index (κ3) is 6.85. The minimum Gasteiger partial charge on any atom is -0.480 e. The maximum Gasteiger partial charge on any atom is 0.326 e. The second kappa shape index (κ2) is 10.5. The van der Waals surface area contributed by atoms with Gasteiger partial charge in [0, 0.05) is 23.1 Å². The van der Waals surface area contributed by atoms with Gasteiger partial charge >= 0.3 is 5.97 Å². The summed E-state index contributed by atoms with van der Waals surface area (Å²) in [6.07, 6.45) is 2.23. The number of hydrogen-bond donors (Lipinski definition) is 5. The number of carbonyl (C=O) groups excluding carboxylic acids is 1. The zero-order valence-corrected chi connectivity index (χ0v) is 16.9. The fraction of sp³-hybridized carbons (Fsp3) is 0.500. The van der Waals surface area contributed by atoms with Crippen molar-refractivity contribution in [1.29, 1.82) is 5.41 Å². The molecule has 0 saturated carbocycles. The van der Waals surface area contributed by atoms with Crippen molar-refractivity contribution in [1.82, 2.24) is 15.5 Å². The van der Waals surface area contributed by atoms with Crippen LogP contribution < -0.4 is 16.4 Å². The van der Waals surface area contributed by atoms with E-state index in [0.717, 1.165) is 18.5 Å². The molecule has 8 nitrogen and oxygen atoms in total. The first-order chi connectivity index (χ1) is 13.3. The molecule has 1 heterocycles. The SMILES string of the molecule is N=C(N)NCCC[C@H](NC(=O)[C@@H]1CCCN1Cc1cc(Cl)cc(Cl)c1)C(=O)O. The minimum absolute atomic E-state index is 0.168. The fourth-order valence-corrected chi connectivity index (χ4v) is 3.87. The molecule has 1 saturated heterocycles. The Morgan fingerprint density at radius 3 is 2.61 bits per heavy atom. The molecule has 10 heteroatoms. The molecule has 0 aromatic heterocycles. The van der Waals surface area contributed by atoms with Crippen molar-refractivity contribution < 1.29 is 14.7 Å². The van der Waals surface area contributed by atoms with Crippen LogP contribution in [0.3, 0.4) is 0 Å². The zero-order valence-electron chi connectivity index (χ0n) is 15.4. The lowest BCUT2D eigenvalue weighted by molar-refractivity contribution is -0.142. The van der Waals surface area contributed by atoms with Crippen LogP contribution in [0.2, 0.25) is 10.0 Å². The van der Waals surface area contributed by atoms with E-state index >= 15 is 0 Å². The monoisotopic (exact) mass is 429 g/mol. The number of nitrogens with one attached hydrogen (secondary N) is 3. The Hall–Kier alpha value is -2.03. The van der Waals surface area contributed by atoms with Crippen molar-refractivity contribution in [2.45, 2.75) is 44.3 Å². The van der Waals surface area contributed by atoms with Gasteiger partial charge in [0.2, 0.25) is 5.91 Å². The molecule has 0 unspecified atom stereocenters. The summed E-state index contributed by atoms with van der Waals surface area (Å²) in [5, 5.41) is 22.8. The van der Waals surface area contributed by atoms with Crippen molar-refractivity contribution in [3.05, 3.63) is 33.8 Å². The molecule has 1 aromatic carbocycles. The lowest BCUT2D eigenvalue weighted by atomic mass is 10.1. The molecule has 1 aliphatic heterocycles. The van der Waals surface area contributed by atoms with Crippen LogP contribution in [0.1, 0.15) is 31.2 Å². The highest BCUT2D eigenvalue weighted by molar-refractivity contribution is 6.34. The number of halogens is 2. The minimum atomic E-state index is -1.08. The van der Waals surface area contributed by atoms with Gasteiger partial charge in [0.15, 0.2) is 5.96 Å². The number of nitrogens with zero attached hydrogens (tertiary/aromatic N) is 1. The Bertz CT molecular complexity index is 711. The summed E-state index contributed by atoms with van der Waals surface area (Å²) < 4.78 is 0. The van der Waals surface area contributed by atoms with Gasteiger partial charge in [0.05, 0.1) is 6.04 Å². The van der Waals surface area contributed by atoms with Crippen LogP contribution in [0.15, 0.2) is 18.2 Å². The highest BCUT2D eigenvalue weighted by Gasteiger charge is 2.33. The lowest BCUT2D eigenvalue weighted by Gasteiger charge is -2.25. The van der Waals surface area contributed by atoms with Gasteiger partial charge in [-0.25, -0.2) is 4.79 Å². The van der Waals surface area contributed by atoms with E-state index < -0.39 is 18.1 Å². The normalized spacial score (nSPS) is 17.9. The van der Waals surface area contributed by atoms with Crippen LogP contribution in [-0.2, 0) is 16.1 Å². The van der Waals surface area contributed by atoms with E-state index in [0.29, 0.717) is 36.0 Å². The first-order valence-electron chi connectivity index (χ1n) is 9.06. The van der Waals surface area contributed by atoms with E-state index in [4.69, 9.17) is 34.3 Å². The molecule has 6 N–H and O–H groups in total. The molecule has 0 radical (unpaired) electrons. The average molecular weight is 430 g/mol. The lowest BCUT2D eigenvalue weighted by Crippen LogP contribution is -2.49. The van der Waals surface area contributed by atoms with E-state index in [-0.39, 0.29) is 18.3 Å². The predicted octanol–water partition coefficient (Wildman–Crippen LogP) is 1.79. The first-order valence-corrected chi connectivity index (χ1v) is 9.82. The third-order valence-corrected chi connectivity index (χ3v) is 5.01. The molecule has 0 aliphatic carbocycles. The number of carboxylic acid groups (broad SMARTS) is 1. The van der Waals surface area contributed by atoms with Crippen molar-refractivity contribution in [3.8, 4) is 0 Å². The molecule has 0 spiro atoms. The van der Waals surface area contributed by atoms with Gasteiger partial charge < -0.3 is 21.5 Å². The Kier molecular flexibility index (Phi) is 8.35. The van der Waals surface area contributed by atoms with Crippen LogP contribution >= 0.6 is 23.2 Å². The molecule has 0 bridgehead atoms. The quantitative estimate of drug-likeness (QED) is 0.231. The van der Waals surface area contributed by atoms with Gasteiger partial charge in [0.25, 0.3) is 0 Å². The maximum absolute atomic E-state index is 12.7. The Labute approximate surface area is 173 Å². The molecular weight excluding hydrogens is 405 g/mol. The molecule has 2 rings (SSSR count). The predicted molar refractivity (Wildman–Crippen MR) is 109 cm³/mol. The number of guanidine groups is 1. The van der Waals surface area contributed by atoms with Gasteiger partial charge in [-0.05, 0) is 56.0 Å². The maximum atomic E-state index is 12.7. The summed E-state index contributed by atoms with van der Waals surface area (Å²) in [5.41, 5.74) is 6.10. The largest absolute Gasteiger partial charge is 0.480 e. The average Bonchev–Trinajstić information content (AvgIpc) is 3.04. The number of benzene rings is 1. The molecule has 1 aromatic rings. The summed E-state index contributed by atoms with van der Waals surface area (Å²) in [7, 11) is 0. The number of rotatable bonds is 9. The highest BCUT2D eigenvalue weighted by atomic mass is 35.5. The molecule has 1 fully saturated rings. The summed E-state index contributed by atoms with van der Waals surface area (Å²) in [4.78, 5) is 26.2. The van der Waals surface area contributed by atoms with Crippen LogP contribution in [0.25, 0.3) is 0 Å². The van der Waals surface area contributed by atoms with E-state index in [1.165, 1.54) is 0 Å². The van der Waals surface area contributed by atoms with E-state index in [9.17, 15) is 14.7 Å². The van der Waals surface area contributed by atoms with Crippen molar-refractivity contribution in [2.75, 3.05) is 13.1 Å². The number of carbonyl (C=O) groups is 2. The number of aliphatic carboxylic acids is 1. The summed E-state index contributed by atoms with van der Waals surface area (Å²) in [6, 6.07) is 3.89. The van der Waals surface area contributed by atoms with Gasteiger partial charge in [0.1, 0.15) is 6.04 Å². The van der Waals surface area contributed by atoms with Crippen LogP contribution in [0, 0.1) is 5.41 Å². The fourth-order valence-electron chi connectivity index (χ4n) is 3.30. The van der Waals surface area contributed by atoms with Gasteiger partial charge in [-0.2, -0.15) is 0 Å². The van der Waals surface area contributed by atoms with E-state index in [1.807, 2.05) is 17.0 Å². The van der Waals surface area contributed by atoms with Gasteiger partial charge in [-0.3, -0.25) is 15.1 Å². The van der Waals surface area contributed by atoms with Crippen LogP contribution in [0.4, 0.5) is 0 Å². The first kappa shape index (κ1) is 22.3. The molecule has 28 heavy (non-hydrogen) atoms. The Morgan fingerprint density at radius 1 is 1.32 bits per heavy atom. The number of amides is 1. The molecular formula is C18H25Cl2N5O3. The zero-order chi connectivity index (χ0) is 20.7. The number of nitrogens with two attached hydrogens (primary N) is 1. The van der Waals surface area contributed by atoms with E-state index in [2.05, 4.69) is 10.6 Å². The van der Waals surface area contributed by atoms with Crippen LogP contribution in [-0.4, -0.2) is 53.0 Å². The molecule has 154 valence electrons. The van der Waals surface area contributed by atoms with Crippen molar-refractivity contribution >= 4 is 41.0 Å². The summed E-state index contributed by atoms with van der Waals surface area (Å²) >= 11 is 12.1. The standard InChI is InChI=1S/C18H25Cl2N5O3/c19-12-7-11(8-13(20)9-12)10-25-6-2-4-15(25)16(26)24-14(17(27)28)3-1-5-23-18(21)22/h7-9,14-15H,1-6,10H2,(H,24,26)(H,27,28)(H4,21,22,23)/t14-,15-/m0/s1. The Balaban J connectivity index is 1.94. The summed E-state index contributed by atoms with van der Waals surface area (Å²) in [6.45, 7) is 1.63. The summed E-state index contributed by atoms with van der Waals surface area (Å²) in [5.74, 6) is -1.54. The second-order valence-corrected chi connectivity index (χ2v) is 7.66. The number of hydrogen-bond acceptors (Lipinski definition) is 4. The van der Waals surface area contributed by atoms with Gasteiger partial charge in [-0.1, -0.05) is 23.2 Å².